The van der Waals surface area contributed by atoms with Crippen molar-refractivity contribution in [2.75, 3.05) is 18.5 Å². The molecular formula is C16H15N3S. The van der Waals surface area contributed by atoms with Crippen molar-refractivity contribution < 1.29 is 0 Å². The molecular weight excluding hydrogens is 266 g/mol. The number of benzene rings is 2. The van der Waals surface area contributed by atoms with Gasteiger partial charge in [-0.15, -0.1) is 0 Å². The van der Waals surface area contributed by atoms with Crippen LogP contribution in [-0.2, 0) is 4.87 Å². The van der Waals surface area contributed by atoms with E-state index in [0.717, 1.165) is 11.6 Å². The van der Waals surface area contributed by atoms with E-state index < -0.39 is 0 Å². The van der Waals surface area contributed by atoms with Crippen LogP contribution in [0.1, 0.15) is 11.1 Å². The fraction of sp³-hybridized carbons (Fsp3) is 0.188. The molecule has 1 spiro atoms. The molecule has 20 heavy (non-hydrogen) atoms. The summed E-state index contributed by atoms with van der Waals surface area (Å²) in [6, 6.07) is 18.9. The van der Waals surface area contributed by atoms with E-state index in [-0.39, 0.29) is 4.87 Å². The minimum absolute atomic E-state index is 0.142. The minimum Gasteiger partial charge on any atom is -0.371 e. The molecule has 0 saturated carbocycles. The molecule has 4 rings (SSSR count). The summed E-state index contributed by atoms with van der Waals surface area (Å²) >= 11 is 1.82. The van der Waals surface area contributed by atoms with Crippen LogP contribution in [0, 0.1) is 0 Å². The number of hydrogen-bond donors (Lipinski definition) is 1. The Morgan fingerprint density at radius 1 is 1.10 bits per heavy atom. The van der Waals surface area contributed by atoms with E-state index in [4.69, 9.17) is 0 Å². The van der Waals surface area contributed by atoms with Crippen molar-refractivity contribution in [3.05, 3.63) is 65.7 Å². The van der Waals surface area contributed by atoms with Gasteiger partial charge in [0, 0.05) is 23.9 Å². The zero-order chi connectivity index (χ0) is 13.6. The highest BCUT2D eigenvalue weighted by atomic mass is 32.2. The van der Waals surface area contributed by atoms with Gasteiger partial charge in [-0.25, -0.2) is 0 Å². The summed E-state index contributed by atoms with van der Waals surface area (Å²) in [6.45, 7) is 0.927. The number of hydrazone groups is 1. The second kappa shape index (κ2) is 4.28. The zero-order valence-electron chi connectivity index (χ0n) is 11.2. The molecule has 0 amide bonds. The second-order valence-corrected chi connectivity index (χ2v) is 6.48. The number of thioether (sulfide) groups is 1. The Kier molecular flexibility index (Phi) is 2.54. The third kappa shape index (κ3) is 1.64. The second-order valence-electron chi connectivity index (χ2n) is 5.20. The third-order valence-electron chi connectivity index (χ3n) is 3.84. The maximum Gasteiger partial charge on any atom is 0.150 e. The van der Waals surface area contributed by atoms with Crippen LogP contribution in [0.5, 0.6) is 0 Å². The molecule has 2 aliphatic heterocycles. The van der Waals surface area contributed by atoms with Gasteiger partial charge in [-0.05, 0) is 6.07 Å². The lowest BCUT2D eigenvalue weighted by atomic mass is 10.1. The number of fused-ring (bicyclic) bond motifs is 2. The number of nitrogens with zero attached hydrogens (tertiary/aromatic N) is 2. The molecule has 1 atom stereocenters. The van der Waals surface area contributed by atoms with E-state index in [0.29, 0.717) is 0 Å². The maximum atomic E-state index is 4.58. The molecule has 2 aromatic rings. The van der Waals surface area contributed by atoms with Crippen LogP contribution in [0.15, 0.2) is 59.7 Å². The van der Waals surface area contributed by atoms with Gasteiger partial charge in [0.15, 0.2) is 4.87 Å². The van der Waals surface area contributed by atoms with Gasteiger partial charge in [0.1, 0.15) is 5.04 Å². The smallest absolute Gasteiger partial charge is 0.150 e. The molecule has 0 aromatic heterocycles. The molecule has 2 aliphatic rings. The summed E-state index contributed by atoms with van der Waals surface area (Å²) in [7, 11) is 2.14. The van der Waals surface area contributed by atoms with E-state index in [2.05, 4.69) is 71.0 Å². The van der Waals surface area contributed by atoms with Crippen LogP contribution in [0.4, 0.5) is 5.69 Å². The third-order valence-corrected chi connectivity index (χ3v) is 5.15. The number of hydrogen-bond acceptors (Lipinski definition) is 4. The molecule has 0 fully saturated rings. The van der Waals surface area contributed by atoms with E-state index in [1.54, 1.807) is 0 Å². The summed E-state index contributed by atoms with van der Waals surface area (Å²) < 4.78 is 0. The molecule has 3 nitrogen and oxygen atoms in total. The molecule has 0 aliphatic carbocycles. The quantitative estimate of drug-likeness (QED) is 0.871. The van der Waals surface area contributed by atoms with Crippen molar-refractivity contribution in [3.63, 3.8) is 0 Å². The Bertz CT molecular complexity index is 683. The van der Waals surface area contributed by atoms with Gasteiger partial charge >= 0.3 is 0 Å². The average Bonchev–Trinajstić information content (AvgIpc) is 3.04. The van der Waals surface area contributed by atoms with Crippen molar-refractivity contribution >= 4 is 22.5 Å². The van der Waals surface area contributed by atoms with Gasteiger partial charge in [0.25, 0.3) is 0 Å². The SMILES string of the molecule is CN1C[C@]2(NN=C(c3ccccc3)S2)c2ccccc21. The lowest BCUT2D eigenvalue weighted by molar-refractivity contribution is 0.543. The van der Waals surface area contributed by atoms with Crippen LogP contribution in [0.3, 0.4) is 0 Å². The van der Waals surface area contributed by atoms with Gasteiger partial charge in [0.2, 0.25) is 0 Å². The number of anilines is 1. The van der Waals surface area contributed by atoms with Crippen LogP contribution in [0.25, 0.3) is 0 Å². The first-order chi connectivity index (χ1) is 9.78. The molecule has 0 saturated heterocycles. The summed E-state index contributed by atoms with van der Waals surface area (Å²) in [5, 5.41) is 5.64. The first-order valence-electron chi connectivity index (χ1n) is 6.68. The highest BCUT2D eigenvalue weighted by Crippen LogP contribution is 2.48. The molecule has 0 bridgehead atoms. The van der Waals surface area contributed by atoms with E-state index in [9.17, 15) is 0 Å². The Hall–Kier alpha value is -1.94. The van der Waals surface area contributed by atoms with Crippen molar-refractivity contribution in [2.45, 2.75) is 4.87 Å². The largest absolute Gasteiger partial charge is 0.371 e. The molecule has 1 N–H and O–H groups in total. The van der Waals surface area contributed by atoms with Crippen molar-refractivity contribution in [1.29, 1.82) is 0 Å². The monoisotopic (exact) mass is 281 g/mol. The molecule has 100 valence electrons. The molecule has 0 radical (unpaired) electrons. The highest BCUT2D eigenvalue weighted by molar-refractivity contribution is 8.15. The van der Waals surface area contributed by atoms with Crippen LogP contribution >= 0.6 is 11.8 Å². The van der Waals surface area contributed by atoms with Gasteiger partial charge in [-0.1, -0.05) is 60.3 Å². The summed E-state index contributed by atoms with van der Waals surface area (Å²) in [4.78, 5) is 2.15. The highest BCUT2D eigenvalue weighted by Gasteiger charge is 2.46. The normalized spacial score (nSPS) is 23.6. The predicted molar refractivity (Wildman–Crippen MR) is 85.1 cm³/mol. The standard InChI is InChI=1S/C16H15N3S/c1-19-11-16(13-9-5-6-10-14(13)19)18-17-15(20-16)12-7-3-2-4-8-12/h2-10,18H,11H2,1H3/t16-/m1/s1. The van der Waals surface area contributed by atoms with Crippen molar-refractivity contribution in [1.82, 2.24) is 5.43 Å². The first kappa shape index (κ1) is 11.9. The Labute approximate surface area is 122 Å². The minimum atomic E-state index is -0.142. The van der Waals surface area contributed by atoms with Crippen LogP contribution in [0.2, 0.25) is 0 Å². The van der Waals surface area contributed by atoms with Crippen molar-refractivity contribution in [2.24, 2.45) is 5.10 Å². The van der Waals surface area contributed by atoms with Crippen LogP contribution < -0.4 is 10.3 Å². The Morgan fingerprint density at radius 3 is 2.70 bits per heavy atom. The molecule has 2 heterocycles. The summed E-state index contributed by atoms with van der Waals surface area (Å²) in [5.41, 5.74) is 7.16. The van der Waals surface area contributed by atoms with E-state index in [1.807, 2.05) is 17.8 Å². The average molecular weight is 281 g/mol. The molecule has 4 heteroatoms. The van der Waals surface area contributed by atoms with E-state index in [1.165, 1.54) is 16.8 Å². The summed E-state index contributed by atoms with van der Waals surface area (Å²) in [6.07, 6.45) is 0. The Balaban J connectivity index is 1.71. The van der Waals surface area contributed by atoms with Gasteiger partial charge in [0.05, 0.1) is 6.54 Å². The zero-order valence-corrected chi connectivity index (χ0v) is 12.0. The fourth-order valence-corrected chi connectivity index (χ4v) is 4.20. The Morgan fingerprint density at radius 2 is 1.85 bits per heavy atom. The number of nitrogens with one attached hydrogen (secondary N) is 1. The van der Waals surface area contributed by atoms with Gasteiger partial charge in [-0.3, -0.25) is 5.43 Å². The van der Waals surface area contributed by atoms with E-state index >= 15 is 0 Å². The number of rotatable bonds is 1. The number of likely N-dealkylation sites (N-methyl/N-ethyl adjacent to an activating group) is 1. The van der Waals surface area contributed by atoms with Crippen molar-refractivity contribution in [3.8, 4) is 0 Å². The van der Waals surface area contributed by atoms with Gasteiger partial charge in [-0.2, -0.15) is 5.10 Å². The summed E-state index contributed by atoms with van der Waals surface area (Å²) in [5.74, 6) is 0. The van der Waals surface area contributed by atoms with Crippen LogP contribution in [-0.4, -0.2) is 18.6 Å². The molecule has 2 aromatic carbocycles. The lowest BCUT2D eigenvalue weighted by Gasteiger charge is -2.23. The topological polar surface area (TPSA) is 27.6 Å². The maximum absolute atomic E-state index is 4.58. The lowest BCUT2D eigenvalue weighted by Crippen LogP contribution is -2.37. The fourth-order valence-electron chi connectivity index (χ4n) is 2.89. The first-order valence-corrected chi connectivity index (χ1v) is 7.50. The number of para-hydroxylation sites is 1. The predicted octanol–water partition coefficient (Wildman–Crippen LogP) is 2.99. The molecule has 0 unspecified atom stereocenters. The van der Waals surface area contributed by atoms with Gasteiger partial charge < -0.3 is 4.90 Å².